The van der Waals surface area contributed by atoms with E-state index >= 15 is 0 Å². The van der Waals surface area contributed by atoms with Gasteiger partial charge in [0.1, 0.15) is 17.5 Å². The van der Waals surface area contributed by atoms with Crippen molar-refractivity contribution in [1.82, 2.24) is 9.97 Å². The lowest BCUT2D eigenvalue weighted by Crippen LogP contribution is -2.06. The first kappa shape index (κ1) is 13.9. The minimum atomic E-state index is -0.698. The summed E-state index contributed by atoms with van der Waals surface area (Å²) in [6, 6.07) is 5.02. The Bertz CT molecular complexity index is 629. The van der Waals surface area contributed by atoms with Crippen LogP contribution >= 0.6 is 0 Å². The van der Waals surface area contributed by atoms with Crippen LogP contribution in [0, 0.1) is 18.6 Å². The molecular formula is C14H14F2N4. The number of aryl methyl sites for hydroxylation is 1. The number of nitrogens with zero attached hydrogens (tertiary/aromatic N) is 2. The van der Waals surface area contributed by atoms with Gasteiger partial charge in [0.25, 0.3) is 0 Å². The van der Waals surface area contributed by atoms with E-state index in [-0.39, 0.29) is 11.6 Å². The molecule has 20 heavy (non-hydrogen) atoms. The maximum atomic E-state index is 13.6. The summed E-state index contributed by atoms with van der Waals surface area (Å²) in [6.45, 7) is 5.96. The summed E-state index contributed by atoms with van der Waals surface area (Å²) in [6.07, 6.45) is 1.70. The highest BCUT2D eigenvalue weighted by atomic mass is 19.1. The molecule has 0 aliphatic heterocycles. The third kappa shape index (κ3) is 3.50. The fourth-order valence-electron chi connectivity index (χ4n) is 1.60. The molecule has 0 amide bonds. The number of hydrogen-bond donors (Lipinski definition) is 2. The first-order chi connectivity index (χ1) is 9.58. The second-order valence-electron chi connectivity index (χ2n) is 4.14. The Morgan fingerprint density at radius 3 is 2.75 bits per heavy atom. The molecule has 4 nitrogen and oxygen atoms in total. The van der Waals surface area contributed by atoms with Crippen molar-refractivity contribution in [3.05, 3.63) is 54.2 Å². The van der Waals surface area contributed by atoms with Crippen molar-refractivity contribution in [1.29, 1.82) is 0 Å². The molecule has 1 aromatic heterocycles. The van der Waals surface area contributed by atoms with Crippen LogP contribution in [0.1, 0.15) is 5.69 Å². The lowest BCUT2D eigenvalue weighted by atomic mass is 10.3. The van der Waals surface area contributed by atoms with Gasteiger partial charge in [-0.1, -0.05) is 6.08 Å². The van der Waals surface area contributed by atoms with E-state index in [1.54, 1.807) is 19.1 Å². The van der Waals surface area contributed by atoms with Crippen LogP contribution in [0.4, 0.5) is 26.2 Å². The highest BCUT2D eigenvalue weighted by Gasteiger charge is 2.07. The van der Waals surface area contributed by atoms with Gasteiger partial charge in [-0.05, 0) is 19.1 Å². The summed E-state index contributed by atoms with van der Waals surface area (Å²) < 4.78 is 26.4. The number of nitrogens with one attached hydrogen (secondary N) is 2. The fraction of sp³-hybridized carbons (Fsp3) is 0.143. The monoisotopic (exact) mass is 276 g/mol. The van der Waals surface area contributed by atoms with Crippen molar-refractivity contribution >= 4 is 17.5 Å². The zero-order valence-electron chi connectivity index (χ0n) is 11.0. The van der Waals surface area contributed by atoms with Gasteiger partial charge in [-0.15, -0.1) is 6.58 Å². The van der Waals surface area contributed by atoms with Gasteiger partial charge in [0.05, 0.1) is 5.69 Å². The lowest BCUT2D eigenvalue weighted by Gasteiger charge is -2.09. The highest BCUT2D eigenvalue weighted by Crippen LogP contribution is 2.19. The fourth-order valence-corrected chi connectivity index (χ4v) is 1.60. The molecule has 1 aromatic carbocycles. The van der Waals surface area contributed by atoms with Gasteiger partial charge in [0, 0.05) is 24.4 Å². The number of aromatic nitrogens is 2. The number of benzene rings is 1. The van der Waals surface area contributed by atoms with Gasteiger partial charge < -0.3 is 10.6 Å². The quantitative estimate of drug-likeness (QED) is 0.822. The topological polar surface area (TPSA) is 49.8 Å². The second kappa shape index (κ2) is 6.10. The Balaban J connectivity index is 2.23. The average Bonchev–Trinajstić information content (AvgIpc) is 2.39. The molecule has 104 valence electrons. The summed E-state index contributed by atoms with van der Waals surface area (Å²) in [5, 5.41) is 5.75. The van der Waals surface area contributed by atoms with Gasteiger partial charge in [-0.25, -0.2) is 13.8 Å². The van der Waals surface area contributed by atoms with Gasteiger partial charge in [-0.3, -0.25) is 0 Å². The molecule has 2 aromatic rings. The molecule has 6 heteroatoms. The molecule has 0 radical (unpaired) electrons. The SMILES string of the molecule is C=CCNc1cc(C)nc(Nc2ccc(F)cc2F)n1. The van der Waals surface area contributed by atoms with Crippen molar-refractivity contribution in [3.8, 4) is 0 Å². The molecule has 0 bridgehead atoms. The Morgan fingerprint density at radius 1 is 1.25 bits per heavy atom. The van der Waals surface area contributed by atoms with E-state index in [1.165, 1.54) is 6.07 Å². The molecule has 0 atom stereocenters. The Morgan fingerprint density at radius 2 is 2.05 bits per heavy atom. The molecular weight excluding hydrogens is 262 g/mol. The zero-order valence-corrected chi connectivity index (χ0v) is 11.0. The summed E-state index contributed by atoms with van der Waals surface area (Å²) in [4.78, 5) is 8.34. The summed E-state index contributed by atoms with van der Waals surface area (Å²) in [7, 11) is 0. The zero-order chi connectivity index (χ0) is 14.5. The number of rotatable bonds is 5. The molecule has 1 heterocycles. The number of halogens is 2. The van der Waals surface area contributed by atoms with E-state index in [4.69, 9.17) is 0 Å². The Kier molecular flexibility index (Phi) is 4.24. The van der Waals surface area contributed by atoms with Crippen molar-refractivity contribution in [2.75, 3.05) is 17.2 Å². The molecule has 0 saturated carbocycles. The summed E-state index contributed by atoms with van der Waals surface area (Å²) in [5.74, 6) is -0.494. The van der Waals surface area contributed by atoms with Gasteiger partial charge in [0.2, 0.25) is 5.95 Å². The van der Waals surface area contributed by atoms with E-state index in [0.717, 1.165) is 17.8 Å². The van der Waals surface area contributed by atoms with Crippen LogP contribution in [0.2, 0.25) is 0 Å². The molecule has 0 spiro atoms. The van der Waals surface area contributed by atoms with E-state index in [9.17, 15) is 8.78 Å². The second-order valence-corrected chi connectivity index (χ2v) is 4.14. The minimum Gasteiger partial charge on any atom is -0.366 e. The largest absolute Gasteiger partial charge is 0.366 e. The molecule has 0 saturated heterocycles. The van der Waals surface area contributed by atoms with Crippen LogP contribution < -0.4 is 10.6 Å². The third-order valence-corrected chi connectivity index (χ3v) is 2.46. The van der Waals surface area contributed by atoms with Crippen molar-refractivity contribution in [2.45, 2.75) is 6.92 Å². The van der Waals surface area contributed by atoms with E-state index in [2.05, 4.69) is 27.2 Å². The molecule has 0 aliphatic rings. The average molecular weight is 276 g/mol. The molecule has 2 N–H and O–H groups in total. The number of anilines is 3. The van der Waals surface area contributed by atoms with Crippen LogP contribution in [-0.2, 0) is 0 Å². The first-order valence-electron chi connectivity index (χ1n) is 6.01. The summed E-state index contributed by atoms with van der Waals surface area (Å²) >= 11 is 0. The molecule has 0 unspecified atom stereocenters. The van der Waals surface area contributed by atoms with Crippen molar-refractivity contribution in [3.63, 3.8) is 0 Å². The maximum absolute atomic E-state index is 13.6. The van der Waals surface area contributed by atoms with Crippen molar-refractivity contribution < 1.29 is 8.78 Å². The van der Waals surface area contributed by atoms with E-state index in [1.807, 2.05) is 0 Å². The molecule has 0 aliphatic carbocycles. The predicted molar refractivity (Wildman–Crippen MR) is 75.1 cm³/mol. The van der Waals surface area contributed by atoms with Gasteiger partial charge >= 0.3 is 0 Å². The minimum absolute atomic E-state index is 0.117. The van der Waals surface area contributed by atoms with Crippen LogP contribution in [0.25, 0.3) is 0 Å². The lowest BCUT2D eigenvalue weighted by molar-refractivity contribution is 0.586. The predicted octanol–water partition coefficient (Wildman–Crippen LogP) is 3.40. The third-order valence-electron chi connectivity index (χ3n) is 2.46. The number of hydrogen-bond acceptors (Lipinski definition) is 4. The van der Waals surface area contributed by atoms with Crippen molar-refractivity contribution in [2.24, 2.45) is 0 Å². The van der Waals surface area contributed by atoms with Crippen LogP contribution in [0.5, 0.6) is 0 Å². The van der Waals surface area contributed by atoms with E-state index in [0.29, 0.717) is 12.4 Å². The molecule has 0 fully saturated rings. The van der Waals surface area contributed by atoms with Crippen LogP contribution in [0.15, 0.2) is 36.9 Å². The normalized spacial score (nSPS) is 10.2. The summed E-state index contributed by atoms with van der Waals surface area (Å²) in [5.41, 5.74) is 0.836. The van der Waals surface area contributed by atoms with Gasteiger partial charge in [-0.2, -0.15) is 4.98 Å². The van der Waals surface area contributed by atoms with Gasteiger partial charge in [0.15, 0.2) is 0 Å². The van der Waals surface area contributed by atoms with Crippen LogP contribution in [-0.4, -0.2) is 16.5 Å². The maximum Gasteiger partial charge on any atom is 0.229 e. The Labute approximate surface area is 115 Å². The van der Waals surface area contributed by atoms with Crippen LogP contribution in [0.3, 0.4) is 0 Å². The smallest absolute Gasteiger partial charge is 0.229 e. The first-order valence-corrected chi connectivity index (χ1v) is 6.01. The molecule has 2 rings (SSSR count). The van der Waals surface area contributed by atoms with E-state index < -0.39 is 11.6 Å². The highest BCUT2D eigenvalue weighted by molar-refractivity contribution is 5.56. The Hall–Kier alpha value is -2.50. The standard InChI is InChI=1S/C14H14F2N4/c1-3-6-17-13-7-9(2)18-14(20-13)19-12-5-4-10(15)8-11(12)16/h3-5,7-8H,1,6H2,2H3,(H2,17,18,19,20).